The van der Waals surface area contributed by atoms with Gasteiger partial charge in [-0.25, -0.2) is 0 Å². The van der Waals surface area contributed by atoms with Crippen molar-refractivity contribution in [3.05, 3.63) is 47.5 Å². The Balaban J connectivity index is 2.01. The highest BCUT2D eigenvalue weighted by molar-refractivity contribution is 8.03. The summed E-state index contributed by atoms with van der Waals surface area (Å²) < 4.78 is 0. The van der Waals surface area contributed by atoms with E-state index in [0.29, 0.717) is 6.42 Å². The van der Waals surface area contributed by atoms with Crippen molar-refractivity contribution in [3.63, 3.8) is 0 Å². The third-order valence-corrected chi connectivity index (χ3v) is 4.77. The third kappa shape index (κ3) is 4.35. The van der Waals surface area contributed by atoms with E-state index in [-0.39, 0.29) is 18.4 Å². The summed E-state index contributed by atoms with van der Waals surface area (Å²) in [5.74, 6) is 0.871. The van der Waals surface area contributed by atoms with Crippen LogP contribution in [0.2, 0.25) is 0 Å². The number of thioether (sulfide) groups is 1. The lowest BCUT2D eigenvalue weighted by molar-refractivity contribution is -0.132. The molecule has 2 atom stereocenters. The Morgan fingerprint density at radius 1 is 1.48 bits per heavy atom. The molecule has 1 saturated heterocycles. The Kier molecular flexibility index (Phi) is 5.88. The number of aliphatic hydroxyl groups excluding tert-OH is 1. The van der Waals surface area contributed by atoms with Crippen LogP contribution < -0.4 is 0 Å². The Hall–Kier alpha value is -1.26. The molecule has 1 N–H and O–H groups in total. The van der Waals surface area contributed by atoms with Gasteiger partial charge in [-0.2, -0.15) is 0 Å². The van der Waals surface area contributed by atoms with E-state index in [9.17, 15) is 9.90 Å². The first-order chi connectivity index (χ1) is 10.1. The van der Waals surface area contributed by atoms with Gasteiger partial charge in [-0.1, -0.05) is 50.3 Å². The molecule has 1 heterocycles. The highest BCUT2D eigenvalue weighted by atomic mass is 32.2. The van der Waals surface area contributed by atoms with Crippen molar-refractivity contribution in [2.45, 2.75) is 44.8 Å². The van der Waals surface area contributed by atoms with Gasteiger partial charge in [0.2, 0.25) is 5.91 Å². The average molecular weight is 305 g/mol. The fourth-order valence-electron chi connectivity index (χ4n) is 2.65. The monoisotopic (exact) mass is 305 g/mol. The van der Waals surface area contributed by atoms with Crippen LogP contribution in [0, 0.1) is 0 Å². The van der Waals surface area contributed by atoms with Gasteiger partial charge >= 0.3 is 0 Å². The number of carbonyl (C=O) groups is 1. The van der Waals surface area contributed by atoms with Gasteiger partial charge in [0.25, 0.3) is 0 Å². The van der Waals surface area contributed by atoms with Gasteiger partial charge in [-0.15, -0.1) is 11.8 Å². The average Bonchev–Trinajstić information content (AvgIpc) is 2.81. The van der Waals surface area contributed by atoms with Gasteiger partial charge < -0.3 is 10.0 Å². The Morgan fingerprint density at radius 3 is 2.86 bits per heavy atom. The minimum Gasteiger partial charge on any atom is -0.393 e. The largest absolute Gasteiger partial charge is 0.393 e. The van der Waals surface area contributed by atoms with E-state index in [1.54, 1.807) is 16.7 Å². The number of benzene rings is 1. The highest BCUT2D eigenvalue weighted by Gasteiger charge is 2.33. The second-order valence-corrected chi connectivity index (χ2v) is 6.55. The molecule has 0 radical (unpaired) electrons. The van der Waals surface area contributed by atoms with Crippen molar-refractivity contribution in [1.82, 2.24) is 4.90 Å². The second-order valence-electron chi connectivity index (χ2n) is 5.46. The standard InChI is InChI=1S/C17H23NO2S/c1-3-7-16(19)11-17(20)18-13(2)21-12-15(18)10-14-8-5-4-6-9-14/h4-6,8-9,15-16,19H,2-3,7,10-12H2,1H3/t15-,16-/m0/s1. The smallest absolute Gasteiger partial charge is 0.230 e. The summed E-state index contributed by atoms with van der Waals surface area (Å²) in [6.45, 7) is 6.00. The molecule has 0 spiro atoms. The lowest BCUT2D eigenvalue weighted by atomic mass is 10.0. The molecule has 1 fully saturated rings. The Morgan fingerprint density at radius 2 is 2.19 bits per heavy atom. The van der Waals surface area contributed by atoms with Crippen LogP contribution in [-0.4, -0.2) is 33.8 Å². The maximum Gasteiger partial charge on any atom is 0.230 e. The fraction of sp³-hybridized carbons (Fsp3) is 0.471. The molecule has 3 nitrogen and oxygen atoms in total. The van der Waals surface area contributed by atoms with Crippen molar-refractivity contribution in [2.24, 2.45) is 0 Å². The van der Waals surface area contributed by atoms with E-state index in [2.05, 4.69) is 18.7 Å². The van der Waals surface area contributed by atoms with Crippen molar-refractivity contribution < 1.29 is 9.90 Å². The quantitative estimate of drug-likeness (QED) is 0.877. The SMILES string of the molecule is C=C1SC[C@H](Cc2ccccc2)N1C(=O)C[C@@H](O)CCC. The van der Waals surface area contributed by atoms with Crippen LogP contribution in [0.3, 0.4) is 0 Å². The lowest BCUT2D eigenvalue weighted by Crippen LogP contribution is -2.38. The summed E-state index contributed by atoms with van der Waals surface area (Å²) in [5, 5.41) is 10.7. The first-order valence-electron chi connectivity index (χ1n) is 7.47. The van der Waals surface area contributed by atoms with Gasteiger partial charge in [0.1, 0.15) is 0 Å². The van der Waals surface area contributed by atoms with Crippen molar-refractivity contribution >= 4 is 17.7 Å². The van der Waals surface area contributed by atoms with Crippen molar-refractivity contribution in [2.75, 3.05) is 5.75 Å². The van der Waals surface area contributed by atoms with Crippen molar-refractivity contribution in [3.8, 4) is 0 Å². The van der Waals surface area contributed by atoms with Gasteiger partial charge in [-0.05, 0) is 18.4 Å². The zero-order valence-corrected chi connectivity index (χ0v) is 13.3. The Bertz CT molecular complexity index is 489. The van der Waals surface area contributed by atoms with E-state index in [1.165, 1.54) is 5.56 Å². The lowest BCUT2D eigenvalue weighted by Gasteiger charge is -2.25. The molecular formula is C17H23NO2S. The molecule has 21 heavy (non-hydrogen) atoms. The summed E-state index contributed by atoms with van der Waals surface area (Å²) in [5.41, 5.74) is 1.23. The molecule has 4 heteroatoms. The second kappa shape index (κ2) is 7.66. The highest BCUT2D eigenvalue weighted by Crippen LogP contribution is 2.33. The molecule has 114 valence electrons. The molecular weight excluding hydrogens is 282 g/mol. The molecule has 1 aliphatic rings. The molecule has 1 amide bonds. The topological polar surface area (TPSA) is 40.5 Å². The molecule has 1 aromatic rings. The predicted octanol–water partition coefficient (Wildman–Crippen LogP) is 3.20. The first-order valence-corrected chi connectivity index (χ1v) is 8.46. The molecule has 2 rings (SSSR count). The van der Waals surface area contributed by atoms with Gasteiger partial charge in [-0.3, -0.25) is 4.79 Å². The van der Waals surface area contributed by atoms with E-state index >= 15 is 0 Å². The summed E-state index contributed by atoms with van der Waals surface area (Å²) in [4.78, 5) is 14.2. The van der Waals surface area contributed by atoms with E-state index in [0.717, 1.165) is 23.6 Å². The fourth-order valence-corrected chi connectivity index (χ4v) is 3.70. The normalized spacial score (nSPS) is 19.8. The summed E-state index contributed by atoms with van der Waals surface area (Å²) in [7, 11) is 0. The van der Waals surface area contributed by atoms with Crippen LogP contribution in [0.5, 0.6) is 0 Å². The number of hydrogen-bond acceptors (Lipinski definition) is 3. The number of hydrogen-bond donors (Lipinski definition) is 1. The molecule has 0 bridgehead atoms. The first kappa shape index (κ1) is 16.1. The van der Waals surface area contributed by atoms with Crippen molar-refractivity contribution in [1.29, 1.82) is 0 Å². The number of nitrogens with zero attached hydrogens (tertiary/aromatic N) is 1. The summed E-state index contributed by atoms with van der Waals surface area (Å²) in [6.07, 6.45) is 2.04. The van der Waals surface area contributed by atoms with E-state index < -0.39 is 6.10 Å². The zero-order chi connectivity index (χ0) is 15.2. The van der Waals surface area contributed by atoms with Crippen LogP contribution in [0.4, 0.5) is 0 Å². The number of aliphatic hydroxyl groups is 1. The van der Waals surface area contributed by atoms with Gasteiger partial charge in [0, 0.05) is 5.75 Å². The molecule has 1 aromatic carbocycles. The maximum absolute atomic E-state index is 12.4. The Labute approximate surface area is 131 Å². The number of carbonyl (C=O) groups excluding carboxylic acids is 1. The minimum atomic E-state index is -0.543. The maximum atomic E-state index is 12.4. The third-order valence-electron chi connectivity index (χ3n) is 3.69. The molecule has 0 unspecified atom stereocenters. The summed E-state index contributed by atoms with van der Waals surface area (Å²) >= 11 is 1.63. The molecule has 0 saturated carbocycles. The van der Waals surface area contributed by atoms with Crippen LogP contribution >= 0.6 is 11.8 Å². The zero-order valence-electron chi connectivity index (χ0n) is 12.5. The molecule has 0 aliphatic carbocycles. The molecule has 0 aromatic heterocycles. The number of rotatable bonds is 6. The van der Waals surface area contributed by atoms with Crippen LogP contribution in [0.25, 0.3) is 0 Å². The minimum absolute atomic E-state index is 0.00752. The van der Waals surface area contributed by atoms with Crippen LogP contribution in [0.15, 0.2) is 41.9 Å². The predicted molar refractivity (Wildman–Crippen MR) is 87.9 cm³/mol. The number of amides is 1. The van der Waals surface area contributed by atoms with E-state index in [4.69, 9.17) is 0 Å². The van der Waals surface area contributed by atoms with Gasteiger partial charge in [0.05, 0.1) is 23.6 Å². The van der Waals surface area contributed by atoms with Crippen LogP contribution in [-0.2, 0) is 11.2 Å². The summed E-state index contributed by atoms with van der Waals surface area (Å²) in [6, 6.07) is 10.3. The van der Waals surface area contributed by atoms with Gasteiger partial charge in [0.15, 0.2) is 0 Å². The van der Waals surface area contributed by atoms with E-state index in [1.807, 2.05) is 25.1 Å². The van der Waals surface area contributed by atoms with Crippen LogP contribution in [0.1, 0.15) is 31.7 Å². The molecule has 1 aliphatic heterocycles.